The second-order valence-electron chi connectivity index (χ2n) is 3.77. The van der Waals surface area contributed by atoms with E-state index in [1.165, 1.54) is 4.88 Å². The number of thiophene rings is 1. The highest BCUT2D eigenvalue weighted by molar-refractivity contribution is 9.13. The van der Waals surface area contributed by atoms with Crippen LogP contribution in [0.15, 0.2) is 14.3 Å². The van der Waals surface area contributed by atoms with Crippen molar-refractivity contribution in [2.45, 2.75) is 12.6 Å². The number of morpholine rings is 1. The molecule has 4 nitrogen and oxygen atoms in total. The van der Waals surface area contributed by atoms with Crippen LogP contribution < -0.4 is 0 Å². The van der Waals surface area contributed by atoms with Gasteiger partial charge in [0.15, 0.2) is 6.10 Å². The fourth-order valence-corrected chi connectivity index (χ4v) is 3.90. The van der Waals surface area contributed by atoms with Crippen molar-refractivity contribution in [1.29, 1.82) is 0 Å². The van der Waals surface area contributed by atoms with Crippen molar-refractivity contribution in [1.82, 2.24) is 4.90 Å². The lowest BCUT2D eigenvalue weighted by Crippen LogP contribution is -2.45. The topological polar surface area (TPSA) is 49.8 Å². The lowest BCUT2D eigenvalue weighted by atomic mass is 10.2. The Labute approximate surface area is 120 Å². The summed E-state index contributed by atoms with van der Waals surface area (Å²) in [4.78, 5) is 14.2. The molecule has 17 heavy (non-hydrogen) atoms. The smallest absolute Gasteiger partial charge is 0.334 e. The first-order valence-electron chi connectivity index (χ1n) is 5.06. The second kappa shape index (κ2) is 5.79. The van der Waals surface area contributed by atoms with Crippen molar-refractivity contribution in [2.75, 3.05) is 19.7 Å². The molecule has 1 atom stereocenters. The molecular weight excluding hydrogens is 374 g/mol. The number of carboxylic acids is 1. The summed E-state index contributed by atoms with van der Waals surface area (Å²) in [5, 5.41) is 8.91. The quantitative estimate of drug-likeness (QED) is 0.869. The highest BCUT2D eigenvalue weighted by Crippen LogP contribution is 2.33. The van der Waals surface area contributed by atoms with Crippen LogP contribution in [0.5, 0.6) is 0 Å². The molecule has 1 aliphatic rings. The van der Waals surface area contributed by atoms with Gasteiger partial charge in [-0.05, 0) is 37.9 Å². The van der Waals surface area contributed by atoms with Gasteiger partial charge in [0, 0.05) is 29.0 Å². The maximum Gasteiger partial charge on any atom is 0.334 e. The van der Waals surface area contributed by atoms with E-state index in [9.17, 15) is 4.79 Å². The monoisotopic (exact) mass is 383 g/mol. The number of hydrogen-bond acceptors (Lipinski definition) is 4. The summed E-state index contributed by atoms with van der Waals surface area (Å²) in [6, 6.07) is 2.06. The van der Waals surface area contributed by atoms with Gasteiger partial charge in [-0.25, -0.2) is 4.79 Å². The molecule has 0 bridgehead atoms. The number of halogens is 2. The van der Waals surface area contributed by atoms with Crippen molar-refractivity contribution in [3.8, 4) is 0 Å². The molecule has 1 saturated heterocycles. The fourth-order valence-electron chi connectivity index (χ4n) is 1.69. The molecule has 1 fully saturated rings. The first kappa shape index (κ1) is 13.5. The minimum Gasteiger partial charge on any atom is -0.479 e. The summed E-state index contributed by atoms with van der Waals surface area (Å²) < 4.78 is 7.29. The number of hydrogen-bond donors (Lipinski definition) is 1. The Kier molecular flexibility index (Phi) is 4.59. The minimum absolute atomic E-state index is 0.447. The van der Waals surface area contributed by atoms with Gasteiger partial charge < -0.3 is 9.84 Å². The standard InChI is InChI=1S/C10H11Br2NO3S/c11-7-3-6(17-9(7)12)4-13-1-2-16-8(5-13)10(14)15/h3,8H,1-2,4-5H2,(H,14,15). The molecule has 0 saturated carbocycles. The molecule has 2 heterocycles. The summed E-state index contributed by atoms with van der Waals surface area (Å²) in [7, 11) is 0. The lowest BCUT2D eigenvalue weighted by Gasteiger charge is -2.30. The highest BCUT2D eigenvalue weighted by atomic mass is 79.9. The molecule has 1 N–H and O–H groups in total. The van der Waals surface area contributed by atoms with E-state index in [0.717, 1.165) is 21.3 Å². The number of rotatable bonds is 3. The van der Waals surface area contributed by atoms with Crippen molar-refractivity contribution in [2.24, 2.45) is 0 Å². The van der Waals surface area contributed by atoms with Crippen LogP contribution in [0, 0.1) is 0 Å². The van der Waals surface area contributed by atoms with Crippen LogP contribution in [0.25, 0.3) is 0 Å². The Hall–Kier alpha value is 0.0500. The Balaban J connectivity index is 1.96. The number of carbonyl (C=O) groups is 1. The largest absolute Gasteiger partial charge is 0.479 e. The summed E-state index contributed by atoms with van der Waals surface area (Å²) in [5.41, 5.74) is 0. The zero-order chi connectivity index (χ0) is 12.4. The summed E-state index contributed by atoms with van der Waals surface area (Å²) in [6.45, 7) is 2.46. The van der Waals surface area contributed by atoms with E-state index in [-0.39, 0.29) is 0 Å². The second-order valence-corrected chi connectivity index (χ2v) is 7.08. The Morgan fingerprint density at radius 2 is 2.41 bits per heavy atom. The van der Waals surface area contributed by atoms with Crippen molar-refractivity contribution in [3.05, 3.63) is 19.2 Å². The van der Waals surface area contributed by atoms with Gasteiger partial charge in [0.05, 0.1) is 10.4 Å². The van der Waals surface area contributed by atoms with Crippen LogP contribution in [0.1, 0.15) is 4.88 Å². The van der Waals surface area contributed by atoms with E-state index >= 15 is 0 Å². The molecule has 0 spiro atoms. The molecule has 2 rings (SSSR count). The SMILES string of the molecule is O=C(O)C1CN(Cc2cc(Br)c(Br)s2)CCO1. The third-order valence-electron chi connectivity index (χ3n) is 2.50. The highest BCUT2D eigenvalue weighted by Gasteiger charge is 2.26. The molecule has 0 aromatic carbocycles. The number of aliphatic carboxylic acids is 1. The molecule has 0 amide bonds. The molecule has 1 unspecified atom stereocenters. The van der Waals surface area contributed by atoms with Crippen molar-refractivity contribution < 1.29 is 14.6 Å². The third kappa shape index (κ3) is 3.51. The first-order chi connectivity index (χ1) is 8.06. The molecular formula is C10H11Br2NO3S. The average molecular weight is 385 g/mol. The van der Waals surface area contributed by atoms with Gasteiger partial charge >= 0.3 is 5.97 Å². The number of nitrogens with zero attached hydrogens (tertiary/aromatic N) is 1. The fraction of sp³-hybridized carbons (Fsp3) is 0.500. The molecule has 1 aliphatic heterocycles. The Bertz CT molecular complexity index is 404. The van der Waals surface area contributed by atoms with Gasteiger partial charge in [0.1, 0.15) is 0 Å². The van der Waals surface area contributed by atoms with Crippen LogP contribution in [0.3, 0.4) is 0 Å². The normalized spacial score (nSPS) is 21.6. The molecule has 1 aromatic rings. The summed E-state index contributed by atoms with van der Waals surface area (Å²) >= 11 is 8.55. The maximum absolute atomic E-state index is 10.8. The average Bonchev–Trinajstić information content (AvgIpc) is 2.58. The van der Waals surface area contributed by atoms with Crippen molar-refractivity contribution in [3.63, 3.8) is 0 Å². The van der Waals surface area contributed by atoms with Crippen LogP contribution in [0.4, 0.5) is 0 Å². The van der Waals surface area contributed by atoms with Gasteiger partial charge in [0.2, 0.25) is 0 Å². The predicted octanol–water partition coefficient (Wildman–Crippen LogP) is 2.56. The zero-order valence-corrected chi connectivity index (χ0v) is 12.8. The van der Waals surface area contributed by atoms with E-state index in [0.29, 0.717) is 13.2 Å². The van der Waals surface area contributed by atoms with Crippen LogP contribution in [0.2, 0.25) is 0 Å². The first-order valence-corrected chi connectivity index (χ1v) is 7.47. The molecule has 0 aliphatic carbocycles. The van der Waals surface area contributed by atoms with Crippen LogP contribution in [-0.4, -0.2) is 41.8 Å². The van der Waals surface area contributed by atoms with Gasteiger partial charge in [-0.3, -0.25) is 4.90 Å². The lowest BCUT2D eigenvalue weighted by molar-refractivity contribution is -0.156. The maximum atomic E-state index is 10.8. The van der Waals surface area contributed by atoms with Gasteiger partial charge in [-0.1, -0.05) is 0 Å². The van der Waals surface area contributed by atoms with E-state index in [1.54, 1.807) is 11.3 Å². The number of carboxylic acid groups (broad SMARTS) is 1. The molecule has 0 radical (unpaired) electrons. The molecule has 94 valence electrons. The Morgan fingerprint density at radius 3 is 3.00 bits per heavy atom. The predicted molar refractivity (Wildman–Crippen MR) is 72.4 cm³/mol. The molecule has 1 aromatic heterocycles. The van der Waals surface area contributed by atoms with Crippen LogP contribution >= 0.6 is 43.2 Å². The van der Waals surface area contributed by atoms with E-state index in [2.05, 4.69) is 42.8 Å². The molecule has 7 heteroatoms. The van der Waals surface area contributed by atoms with E-state index in [1.807, 2.05) is 0 Å². The zero-order valence-electron chi connectivity index (χ0n) is 8.86. The third-order valence-corrected chi connectivity index (χ3v) is 5.74. The number of ether oxygens (including phenoxy) is 1. The van der Waals surface area contributed by atoms with Crippen molar-refractivity contribution >= 4 is 49.2 Å². The Morgan fingerprint density at radius 1 is 1.65 bits per heavy atom. The summed E-state index contributed by atoms with van der Waals surface area (Å²) in [5.74, 6) is -0.886. The van der Waals surface area contributed by atoms with Gasteiger partial charge in [-0.2, -0.15) is 0 Å². The van der Waals surface area contributed by atoms with Crippen LogP contribution in [-0.2, 0) is 16.1 Å². The van der Waals surface area contributed by atoms with E-state index in [4.69, 9.17) is 9.84 Å². The minimum atomic E-state index is -0.886. The van der Waals surface area contributed by atoms with Gasteiger partial charge in [0.25, 0.3) is 0 Å². The summed E-state index contributed by atoms with van der Waals surface area (Å²) in [6.07, 6.45) is -0.699. The van der Waals surface area contributed by atoms with Gasteiger partial charge in [-0.15, -0.1) is 11.3 Å². The van der Waals surface area contributed by atoms with E-state index < -0.39 is 12.1 Å².